The SMILES string of the molecule is COCC(O)CCOc1ccc2ccc(=O)oc2c1. The summed E-state index contributed by atoms with van der Waals surface area (Å²) in [5, 5.41) is 10.3. The van der Waals surface area contributed by atoms with Crippen LogP contribution in [0.5, 0.6) is 5.75 Å². The lowest BCUT2D eigenvalue weighted by molar-refractivity contribution is 0.0501. The summed E-state index contributed by atoms with van der Waals surface area (Å²) in [6.07, 6.45) is -0.0617. The number of hydrogen-bond acceptors (Lipinski definition) is 5. The molecule has 0 amide bonds. The fourth-order valence-corrected chi connectivity index (χ4v) is 1.72. The molecule has 1 N–H and O–H groups in total. The standard InChI is InChI=1S/C14H16O5/c1-17-9-11(15)6-7-18-12-4-2-10-3-5-14(16)19-13(10)8-12/h2-5,8,11,15H,6-7,9H2,1H3. The van der Waals surface area contributed by atoms with E-state index in [9.17, 15) is 9.90 Å². The third-order valence-electron chi connectivity index (χ3n) is 2.67. The number of aliphatic hydroxyl groups excluding tert-OH is 1. The van der Waals surface area contributed by atoms with Gasteiger partial charge in [0.25, 0.3) is 0 Å². The highest BCUT2D eigenvalue weighted by molar-refractivity contribution is 5.77. The lowest BCUT2D eigenvalue weighted by atomic mass is 10.2. The smallest absolute Gasteiger partial charge is 0.336 e. The van der Waals surface area contributed by atoms with Crippen molar-refractivity contribution in [2.24, 2.45) is 0 Å². The van der Waals surface area contributed by atoms with E-state index in [2.05, 4.69) is 0 Å². The zero-order chi connectivity index (χ0) is 13.7. The zero-order valence-corrected chi connectivity index (χ0v) is 10.7. The molecule has 2 rings (SSSR count). The molecule has 0 aliphatic carbocycles. The summed E-state index contributed by atoms with van der Waals surface area (Å²) >= 11 is 0. The Balaban J connectivity index is 1.99. The predicted octanol–water partition coefficient (Wildman–Crippen LogP) is 1.57. The molecule has 102 valence electrons. The number of hydrogen-bond donors (Lipinski definition) is 1. The predicted molar refractivity (Wildman–Crippen MR) is 70.5 cm³/mol. The average molecular weight is 264 g/mol. The minimum atomic E-state index is -0.539. The maximum Gasteiger partial charge on any atom is 0.336 e. The van der Waals surface area contributed by atoms with Crippen molar-refractivity contribution in [1.82, 2.24) is 0 Å². The third kappa shape index (κ3) is 3.81. The van der Waals surface area contributed by atoms with Gasteiger partial charge in [0.2, 0.25) is 0 Å². The van der Waals surface area contributed by atoms with Crippen LogP contribution < -0.4 is 10.4 Å². The van der Waals surface area contributed by atoms with Gasteiger partial charge in [0.1, 0.15) is 11.3 Å². The van der Waals surface area contributed by atoms with Crippen molar-refractivity contribution in [2.45, 2.75) is 12.5 Å². The molecular weight excluding hydrogens is 248 g/mol. The molecule has 0 bridgehead atoms. The van der Waals surface area contributed by atoms with Crippen LogP contribution in [0.15, 0.2) is 39.5 Å². The molecule has 0 aliphatic heterocycles. The number of benzene rings is 1. The molecule has 1 aromatic carbocycles. The number of methoxy groups -OCH3 is 1. The van der Waals surface area contributed by atoms with Crippen molar-refractivity contribution in [3.05, 3.63) is 40.8 Å². The van der Waals surface area contributed by atoms with Crippen molar-refractivity contribution in [2.75, 3.05) is 20.3 Å². The van der Waals surface area contributed by atoms with E-state index in [1.165, 1.54) is 13.2 Å². The lowest BCUT2D eigenvalue weighted by Gasteiger charge is -2.10. The maximum absolute atomic E-state index is 11.1. The molecule has 0 spiro atoms. The van der Waals surface area contributed by atoms with Crippen LogP contribution in [-0.4, -0.2) is 31.5 Å². The molecule has 0 radical (unpaired) electrons. The lowest BCUT2D eigenvalue weighted by Crippen LogP contribution is -2.17. The second-order valence-corrected chi connectivity index (χ2v) is 4.20. The summed E-state index contributed by atoms with van der Waals surface area (Å²) in [5.41, 5.74) is 0.0996. The Hall–Kier alpha value is -1.85. The van der Waals surface area contributed by atoms with Crippen molar-refractivity contribution in [1.29, 1.82) is 0 Å². The first-order chi connectivity index (χ1) is 9.19. The van der Waals surface area contributed by atoms with E-state index in [0.29, 0.717) is 24.4 Å². The second-order valence-electron chi connectivity index (χ2n) is 4.20. The van der Waals surface area contributed by atoms with Gasteiger partial charge in [0, 0.05) is 31.0 Å². The minimum Gasteiger partial charge on any atom is -0.493 e. The Morgan fingerprint density at radius 2 is 2.11 bits per heavy atom. The summed E-state index contributed by atoms with van der Waals surface area (Å²) in [4.78, 5) is 11.1. The van der Waals surface area contributed by atoms with Crippen LogP contribution in [-0.2, 0) is 4.74 Å². The van der Waals surface area contributed by atoms with Crippen LogP contribution in [0, 0.1) is 0 Å². The van der Waals surface area contributed by atoms with E-state index in [4.69, 9.17) is 13.9 Å². The molecule has 1 aromatic heterocycles. The summed E-state index contributed by atoms with van der Waals surface area (Å²) < 4.78 is 15.4. The van der Waals surface area contributed by atoms with Crippen LogP contribution >= 0.6 is 0 Å². The normalized spacial score (nSPS) is 12.5. The van der Waals surface area contributed by atoms with Gasteiger partial charge < -0.3 is 19.0 Å². The summed E-state index contributed by atoms with van der Waals surface area (Å²) in [7, 11) is 1.54. The van der Waals surface area contributed by atoms with Crippen molar-refractivity contribution in [3.63, 3.8) is 0 Å². The van der Waals surface area contributed by atoms with E-state index in [1.807, 2.05) is 6.07 Å². The van der Waals surface area contributed by atoms with Crippen LogP contribution in [0.2, 0.25) is 0 Å². The molecule has 5 heteroatoms. The summed E-state index contributed by atoms with van der Waals surface area (Å²) in [6.45, 7) is 0.656. The Morgan fingerprint density at radius 1 is 1.32 bits per heavy atom. The number of fused-ring (bicyclic) bond motifs is 1. The molecular formula is C14H16O5. The Morgan fingerprint density at radius 3 is 2.89 bits per heavy atom. The highest BCUT2D eigenvalue weighted by Gasteiger charge is 2.04. The van der Waals surface area contributed by atoms with Crippen molar-refractivity contribution in [3.8, 4) is 5.75 Å². The first kappa shape index (κ1) is 13.6. The monoisotopic (exact) mass is 264 g/mol. The molecule has 0 saturated heterocycles. The van der Waals surface area contributed by atoms with E-state index in [-0.39, 0.29) is 12.2 Å². The Kier molecular flexibility index (Phi) is 4.54. The molecule has 1 atom stereocenters. The van der Waals surface area contributed by atoms with Crippen LogP contribution in [0.4, 0.5) is 0 Å². The van der Waals surface area contributed by atoms with Gasteiger partial charge in [-0.3, -0.25) is 0 Å². The first-order valence-electron chi connectivity index (χ1n) is 6.03. The highest BCUT2D eigenvalue weighted by atomic mass is 16.5. The summed E-state index contributed by atoms with van der Waals surface area (Å²) in [6, 6.07) is 8.36. The third-order valence-corrected chi connectivity index (χ3v) is 2.67. The molecule has 2 aromatic rings. The fraction of sp³-hybridized carbons (Fsp3) is 0.357. The van der Waals surface area contributed by atoms with Gasteiger partial charge in [0.15, 0.2) is 0 Å². The van der Waals surface area contributed by atoms with Crippen molar-refractivity contribution >= 4 is 11.0 Å². The largest absolute Gasteiger partial charge is 0.493 e. The molecule has 0 aliphatic rings. The number of aliphatic hydroxyl groups is 1. The zero-order valence-electron chi connectivity index (χ0n) is 10.7. The van der Waals surface area contributed by atoms with Gasteiger partial charge in [-0.25, -0.2) is 4.79 Å². The van der Waals surface area contributed by atoms with E-state index in [1.54, 1.807) is 18.2 Å². The van der Waals surface area contributed by atoms with E-state index >= 15 is 0 Å². The Bertz CT molecular complexity index is 590. The number of rotatable bonds is 6. The number of ether oxygens (including phenoxy) is 2. The maximum atomic E-state index is 11.1. The van der Waals surface area contributed by atoms with Gasteiger partial charge >= 0.3 is 5.63 Å². The van der Waals surface area contributed by atoms with Gasteiger partial charge in [-0.05, 0) is 18.2 Å². The van der Waals surface area contributed by atoms with Crippen LogP contribution in [0.25, 0.3) is 11.0 Å². The molecule has 5 nitrogen and oxygen atoms in total. The van der Waals surface area contributed by atoms with E-state index < -0.39 is 6.10 Å². The van der Waals surface area contributed by atoms with Gasteiger partial charge in [-0.15, -0.1) is 0 Å². The first-order valence-corrected chi connectivity index (χ1v) is 6.03. The fourth-order valence-electron chi connectivity index (χ4n) is 1.72. The van der Waals surface area contributed by atoms with Crippen LogP contribution in [0.3, 0.4) is 0 Å². The summed E-state index contributed by atoms with van der Waals surface area (Å²) in [5.74, 6) is 0.603. The molecule has 0 saturated carbocycles. The van der Waals surface area contributed by atoms with E-state index in [0.717, 1.165) is 5.39 Å². The topological polar surface area (TPSA) is 68.9 Å². The highest BCUT2D eigenvalue weighted by Crippen LogP contribution is 2.19. The van der Waals surface area contributed by atoms with Gasteiger partial charge in [0.05, 0.1) is 19.3 Å². The second kappa shape index (κ2) is 6.36. The van der Waals surface area contributed by atoms with Crippen LogP contribution in [0.1, 0.15) is 6.42 Å². The molecule has 0 fully saturated rings. The molecule has 19 heavy (non-hydrogen) atoms. The Labute approximate surface area is 110 Å². The molecule has 1 heterocycles. The quantitative estimate of drug-likeness (QED) is 0.802. The average Bonchev–Trinajstić information content (AvgIpc) is 2.38. The van der Waals surface area contributed by atoms with Gasteiger partial charge in [-0.2, -0.15) is 0 Å². The minimum absolute atomic E-state index is 0.288. The van der Waals surface area contributed by atoms with Gasteiger partial charge in [-0.1, -0.05) is 0 Å². The molecule has 1 unspecified atom stereocenters. The van der Waals surface area contributed by atoms with Crippen molar-refractivity contribution < 1.29 is 19.0 Å².